The van der Waals surface area contributed by atoms with Gasteiger partial charge in [0.05, 0.1) is 21.6 Å². The molecule has 31 heavy (non-hydrogen) atoms. The van der Waals surface area contributed by atoms with Crippen molar-refractivity contribution in [1.82, 2.24) is 15.3 Å². The molecule has 0 bridgehead atoms. The van der Waals surface area contributed by atoms with Gasteiger partial charge in [-0.05, 0) is 84.9 Å². The lowest BCUT2D eigenvalue weighted by molar-refractivity contribution is -0.115. The number of imidazole rings is 1. The molecule has 0 saturated carbocycles. The second-order valence-electron chi connectivity index (χ2n) is 7.15. The van der Waals surface area contributed by atoms with Crippen molar-refractivity contribution in [1.29, 1.82) is 0 Å². The Morgan fingerprint density at radius 1 is 1.10 bits per heavy atom. The summed E-state index contributed by atoms with van der Waals surface area (Å²) in [6.45, 7) is 4.06. The topological polar surface area (TPSA) is 83.3 Å². The Labute approximate surface area is 187 Å². The molecule has 1 aliphatic heterocycles. The highest BCUT2D eigenvalue weighted by atomic mass is 32.2. The van der Waals surface area contributed by atoms with E-state index in [1.807, 2.05) is 62.4 Å². The van der Waals surface area contributed by atoms with Crippen LogP contribution < -0.4 is 5.32 Å². The van der Waals surface area contributed by atoms with Crippen molar-refractivity contribution in [3.8, 4) is 0 Å². The summed E-state index contributed by atoms with van der Waals surface area (Å²) in [5.74, 6) is 0.417. The lowest BCUT2D eigenvalue weighted by Gasteiger charge is -2.00. The van der Waals surface area contributed by atoms with Crippen LogP contribution in [-0.2, 0) is 4.79 Å². The van der Waals surface area contributed by atoms with Gasteiger partial charge in [0.1, 0.15) is 5.76 Å². The Hall–Kier alpha value is -3.23. The predicted octanol–water partition coefficient (Wildman–Crippen LogP) is 5.82. The summed E-state index contributed by atoms with van der Waals surface area (Å²) >= 11 is 2.71. The average Bonchev–Trinajstić information content (AvgIpc) is 3.40. The van der Waals surface area contributed by atoms with Gasteiger partial charge in [0, 0.05) is 6.08 Å². The van der Waals surface area contributed by atoms with Gasteiger partial charge in [-0.1, -0.05) is 18.2 Å². The van der Waals surface area contributed by atoms with E-state index in [1.165, 1.54) is 23.5 Å². The number of aryl methyl sites for hydroxylation is 2. The second kappa shape index (κ2) is 8.13. The maximum Gasteiger partial charge on any atom is 0.264 e. The molecule has 3 heterocycles. The van der Waals surface area contributed by atoms with Crippen molar-refractivity contribution in [3.05, 3.63) is 76.4 Å². The smallest absolute Gasteiger partial charge is 0.264 e. The number of hydrogen-bond acceptors (Lipinski definition) is 6. The van der Waals surface area contributed by atoms with E-state index in [0.717, 1.165) is 33.0 Å². The first-order chi connectivity index (χ1) is 15.0. The SMILES string of the molecule is Cc1cc(C)cc(N=C2NC(=O)C(=Cc3ccc(Sc4nc5ccccc5[nH]4)o3)S2)c1. The largest absolute Gasteiger partial charge is 0.450 e. The van der Waals surface area contributed by atoms with Crippen LogP contribution in [0.3, 0.4) is 0 Å². The molecule has 8 heteroatoms. The van der Waals surface area contributed by atoms with Crippen LogP contribution in [0.2, 0.25) is 0 Å². The molecular formula is C23H18N4O2S2. The summed E-state index contributed by atoms with van der Waals surface area (Å²) < 4.78 is 5.87. The molecule has 0 aliphatic carbocycles. The highest BCUT2D eigenvalue weighted by Gasteiger charge is 2.24. The summed E-state index contributed by atoms with van der Waals surface area (Å²) in [5, 5.41) is 4.83. The Morgan fingerprint density at radius 3 is 2.71 bits per heavy atom. The normalized spacial score (nSPS) is 16.5. The van der Waals surface area contributed by atoms with Crippen molar-refractivity contribution < 1.29 is 9.21 Å². The quantitative estimate of drug-likeness (QED) is 0.386. The zero-order valence-corrected chi connectivity index (χ0v) is 18.4. The monoisotopic (exact) mass is 446 g/mol. The molecule has 0 spiro atoms. The number of amides is 1. The number of fused-ring (bicyclic) bond motifs is 1. The van der Waals surface area contributed by atoms with Gasteiger partial charge in [-0.3, -0.25) is 4.79 Å². The summed E-state index contributed by atoms with van der Waals surface area (Å²) in [7, 11) is 0. The van der Waals surface area contributed by atoms with E-state index in [2.05, 4.69) is 26.3 Å². The van der Waals surface area contributed by atoms with Crippen molar-refractivity contribution in [2.45, 2.75) is 24.1 Å². The maximum absolute atomic E-state index is 12.4. The van der Waals surface area contributed by atoms with Crippen LogP contribution >= 0.6 is 23.5 Å². The summed E-state index contributed by atoms with van der Waals surface area (Å²) in [4.78, 5) is 25.3. The number of rotatable bonds is 4. The van der Waals surface area contributed by atoms with Gasteiger partial charge in [-0.25, -0.2) is 9.98 Å². The number of aromatic amines is 1. The molecular weight excluding hydrogens is 428 g/mol. The Bertz CT molecular complexity index is 1310. The van der Waals surface area contributed by atoms with E-state index in [-0.39, 0.29) is 5.91 Å². The molecule has 1 fully saturated rings. The predicted molar refractivity (Wildman–Crippen MR) is 126 cm³/mol. The van der Waals surface area contributed by atoms with E-state index in [0.29, 0.717) is 20.9 Å². The summed E-state index contributed by atoms with van der Waals surface area (Å²) in [6, 6.07) is 17.6. The number of hydrogen-bond donors (Lipinski definition) is 2. The van der Waals surface area contributed by atoms with Crippen LogP contribution in [0, 0.1) is 13.8 Å². The number of aromatic nitrogens is 2. The standard InChI is InChI=1S/C23H18N4O2S2/c1-13-9-14(2)11-15(10-13)24-22-27-21(28)19(30-22)12-16-7-8-20(29-16)31-23-25-17-5-3-4-6-18(17)26-23/h3-12H,1-2H3,(H,25,26)(H,24,27,28). The lowest BCUT2D eigenvalue weighted by atomic mass is 10.1. The van der Waals surface area contributed by atoms with Crippen molar-refractivity contribution in [2.75, 3.05) is 0 Å². The van der Waals surface area contributed by atoms with Crippen LogP contribution in [0.4, 0.5) is 5.69 Å². The molecule has 5 rings (SSSR count). The minimum absolute atomic E-state index is 0.184. The molecule has 154 valence electrons. The van der Waals surface area contributed by atoms with Gasteiger partial charge in [0.15, 0.2) is 15.4 Å². The number of nitrogens with one attached hydrogen (secondary N) is 2. The third-order valence-corrected chi connectivity index (χ3v) is 6.25. The summed E-state index contributed by atoms with van der Waals surface area (Å²) in [5.41, 5.74) is 4.98. The molecule has 1 saturated heterocycles. The molecule has 2 N–H and O–H groups in total. The van der Waals surface area contributed by atoms with Crippen LogP contribution in [-0.4, -0.2) is 21.0 Å². The van der Waals surface area contributed by atoms with E-state index in [1.54, 1.807) is 6.08 Å². The van der Waals surface area contributed by atoms with Gasteiger partial charge in [0.2, 0.25) is 0 Å². The Morgan fingerprint density at radius 2 is 1.90 bits per heavy atom. The van der Waals surface area contributed by atoms with Crippen LogP contribution in [0.25, 0.3) is 17.1 Å². The van der Waals surface area contributed by atoms with Crippen molar-refractivity contribution in [3.63, 3.8) is 0 Å². The number of carbonyl (C=O) groups is 1. The van der Waals surface area contributed by atoms with Crippen LogP contribution in [0.5, 0.6) is 0 Å². The third kappa shape index (κ3) is 4.45. The number of carbonyl (C=O) groups excluding carboxylic acids is 1. The molecule has 0 atom stereocenters. The fourth-order valence-corrected chi connectivity index (χ4v) is 4.87. The first kappa shape index (κ1) is 19.7. The van der Waals surface area contributed by atoms with Gasteiger partial charge >= 0.3 is 0 Å². The lowest BCUT2D eigenvalue weighted by Crippen LogP contribution is -2.19. The minimum Gasteiger partial charge on any atom is -0.450 e. The summed E-state index contributed by atoms with van der Waals surface area (Å²) in [6.07, 6.45) is 1.73. The van der Waals surface area contributed by atoms with E-state index in [4.69, 9.17) is 4.42 Å². The Balaban J connectivity index is 1.32. The van der Waals surface area contributed by atoms with Gasteiger partial charge in [-0.15, -0.1) is 0 Å². The van der Waals surface area contributed by atoms with Gasteiger partial charge in [0.25, 0.3) is 5.91 Å². The molecule has 0 radical (unpaired) electrons. The number of aliphatic imine (C=N–C) groups is 1. The highest BCUT2D eigenvalue weighted by Crippen LogP contribution is 2.32. The van der Waals surface area contributed by atoms with Crippen molar-refractivity contribution in [2.24, 2.45) is 4.99 Å². The fraction of sp³-hybridized carbons (Fsp3) is 0.0870. The van der Waals surface area contributed by atoms with Crippen molar-refractivity contribution >= 4 is 57.4 Å². The number of nitrogens with zero attached hydrogens (tertiary/aromatic N) is 2. The minimum atomic E-state index is -0.184. The molecule has 2 aromatic heterocycles. The molecule has 2 aromatic carbocycles. The third-order valence-electron chi connectivity index (χ3n) is 4.53. The molecule has 1 amide bonds. The number of benzene rings is 2. The van der Waals surface area contributed by atoms with Crippen LogP contribution in [0.1, 0.15) is 16.9 Å². The number of amidine groups is 1. The average molecular weight is 447 g/mol. The second-order valence-corrected chi connectivity index (χ2v) is 9.17. The first-order valence-electron chi connectivity index (χ1n) is 9.62. The van der Waals surface area contributed by atoms with E-state index in [9.17, 15) is 4.79 Å². The number of furan rings is 1. The number of thioether (sulfide) groups is 1. The first-order valence-corrected chi connectivity index (χ1v) is 11.3. The maximum atomic E-state index is 12.4. The highest BCUT2D eigenvalue weighted by molar-refractivity contribution is 8.18. The molecule has 0 unspecified atom stereocenters. The van der Waals surface area contributed by atoms with Gasteiger partial charge < -0.3 is 14.7 Å². The number of para-hydroxylation sites is 2. The van der Waals surface area contributed by atoms with Gasteiger partial charge in [-0.2, -0.15) is 0 Å². The zero-order chi connectivity index (χ0) is 21.4. The molecule has 6 nitrogen and oxygen atoms in total. The molecule has 1 aliphatic rings. The zero-order valence-electron chi connectivity index (χ0n) is 16.8. The van der Waals surface area contributed by atoms with E-state index < -0.39 is 0 Å². The Kier molecular flexibility index (Phi) is 5.17. The number of H-pyrrole nitrogens is 1. The van der Waals surface area contributed by atoms with Crippen LogP contribution in [0.15, 0.2) is 79.2 Å². The van der Waals surface area contributed by atoms with E-state index >= 15 is 0 Å². The fourth-order valence-electron chi connectivity index (χ4n) is 3.28. The molecule has 4 aromatic rings.